The van der Waals surface area contributed by atoms with Gasteiger partial charge in [-0.25, -0.2) is 9.78 Å². The summed E-state index contributed by atoms with van der Waals surface area (Å²) in [5.74, 6) is -0.494. The van der Waals surface area contributed by atoms with Crippen LogP contribution in [0.4, 0.5) is 5.82 Å². The van der Waals surface area contributed by atoms with Crippen molar-refractivity contribution in [3.63, 3.8) is 0 Å². The summed E-state index contributed by atoms with van der Waals surface area (Å²) in [6, 6.07) is 8.73. The molecule has 0 aliphatic carbocycles. The largest absolute Gasteiger partial charge is 0.462 e. The van der Waals surface area contributed by atoms with Crippen molar-refractivity contribution in [1.29, 1.82) is 0 Å². The molecule has 0 spiro atoms. The summed E-state index contributed by atoms with van der Waals surface area (Å²) in [5, 5.41) is 1.91. The molecular weight excluding hydrogens is 270 g/mol. The highest BCUT2D eigenvalue weighted by atomic mass is 16.5. The number of aromatic nitrogens is 2. The van der Waals surface area contributed by atoms with E-state index in [9.17, 15) is 9.59 Å². The van der Waals surface area contributed by atoms with Gasteiger partial charge in [-0.2, -0.15) is 0 Å². The van der Waals surface area contributed by atoms with Crippen LogP contribution in [0.25, 0.3) is 21.8 Å². The van der Waals surface area contributed by atoms with Crippen molar-refractivity contribution in [3.05, 3.63) is 46.2 Å². The number of nitrogen functional groups attached to an aromatic ring is 1. The lowest BCUT2D eigenvalue weighted by Crippen LogP contribution is -2.12. The lowest BCUT2D eigenvalue weighted by atomic mass is 10.1. The molecule has 6 nitrogen and oxygen atoms in total. The van der Waals surface area contributed by atoms with Crippen LogP contribution in [0.2, 0.25) is 0 Å². The Hall–Kier alpha value is -2.89. The molecule has 0 amide bonds. The highest BCUT2D eigenvalue weighted by molar-refractivity contribution is 6.07. The molecule has 2 heterocycles. The van der Waals surface area contributed by atoms with Crippen LogP contribution < -0.4 is 11.3 Å². The van der Waals surface area contributed by atoms with Gasteiger partial charge in [-0.1, -0.05) is 18.2 Å². The molecule has 2 aromatic heterocycles. The molecule has 106 valence electrons. The average molecular weight is 283 g/mol. The number of hydrogen-bond acceptors (Lipinski definition) is 5. The Bertz CT molecular complexity index is 915. The van der Waals surface area contributed by atoms with E-state index in [0.717, 1.165) is 0 Å². The zero-order valence-corrected chi connectivity index (χ0v) is 11.3. The summed E-state index contributed by atoms with van der Waals surface area (Å²) in [4.78, 5) is 30.7. The maximum absolute atomic E-state index is 12.0. The molecule has 3 rings (SSSR count). The molecule has 0 unspecified atom stereocenters. The topological polar surface area (TPSA) is 98.1 Å². The number of carbonyl (C=O) groups excluding carboxylic acids is 1. The van der Waals surface area contributed by atoms with Crippen LogP contribution in [0.5, 0.6) is 0 Å². The normalized spacial score (nSPS) is 10.9. The molecule has 0 fully saturated rings. The van der Waals surface area contributed by atoms with Gasteiger partial charge in [-0.05, 0) is 24.4 Å². The minimum Gasteiger partial charge on any atom is -0.462 e. The van der Waals surface area contributed by atoms with Gasteiger partial charge in [0.15, 0.2) is 0 Å². The van der Waals surface area contributed by atoms with Crippen LogP contribution >= 0.6 is 0 Å². The van der Waals surface area contributed by atoms with E-state index in [4.69, 9.17) is 10.5 Å². The third-order valence-corrected chi connectivity index (χ3v) is 3.24. The van der Waals surface area contributed by atoms with Crippen LogP contribution in [-0.4, -0.2) is 22.5 Å². The lowest BCUT2D eigenvalue weighted by molar-refractivity contribution is 0.0527. The summed E-state index contributed by atoms with van der Waals surface area (Å²) < 4.78 is 4.96. The number of fused-ring (bicyclic) bond motifs is 3. The number of nitrogens with zero attached hydrogens (tertiary/aromatic N) is 1. The lowest BCUT2D eigenvalue weighted by Gasteiger charge is -2.08. The predicted molar refractivity (Wildman–Crippen MR) is 80.2 cm³/mol. The van der Waals surface area contributed by atoms with E-state index in [1.807, 2.05) is 6.07 Å². The summed E-state index contributed by atoms with van der Waals surface area (Å²) in [5.41, 5.74) is 6.08. The summed E-state index contributed by atoms with van der Waals surface area (Å²) in [6.07, 6.45) is 0. The van der Waals surface area contributed by atoms with Gasteiger partial charge in [0.25, 0.3) is 5.56 Å². The molecule has 3 aromatic rings. The van der Waals surface area contributed by atoms with Crippen LogP contribution in [0.1, 0.15) is 17.3 Å². The predicted octanol–water partition coefficient (Wildman–Crippen LogP) is 1.84. The summed E-state index contributed by atoms with van der Waals surface area (Å²) >= 11 is 0. The Kier molecular flexibility index (Phi) is 3.06. The van der Waals surface area contributed by atoms with E-state index in [1.54, 1.807) is 31.2 Å². The number of nitrogens with one attached hydrogen (secondary N) is 1. The van der Waals surface area contributed by atoms with Crippen molar-refractivity contribution >= 4 is 33.6 Å². The van der Waals surface area contributed by atoms with Gasteiger partial charge in [-0.3, -0.25) is 4.79 Å². The highest BCUT2D eigenvalue weighted by Gasteiger charge is 2.15. The van der Waals surface area contributed by atoms with Crippen molar-refractivity contribution in [1.82, 2.24) is 9.97 Å². The van der Waals surface area contributed by atoms with Gasteiger partial charge >= 0.3 is 5.97 Å². The minimum absolute atomic E-state index is 0.0341. The molecule has 0 aliphatic heterocycles. The maximum Gasteiger partial charge on any atom is 0.341 e. The number of ether oxygens (including phenoxy) is 1. The fraction of sp³-hybridized carbons (Fsp3) is 0.133. The molecule has 0 radical (unpaired) electrons. The summed E-state index contributed by atoms with van der Waals surface area (Å²) in [7, 11) is 0. The first-order valence-corrected chi connectivity index (χ1v) is 6.50. The Morgan fingerprint density at radius 1 is 1.29 bits per heavy atom. The zero-order valence-electron chi connectivity index (χ0n) is 11.3. The van der Waals surface area contributed by atoms with Gasteiger partial charge in [0.1, 0.15) is 17.0 Å². The quantitative estimate of drug-likeness (QED) is 0.552. The third kappa shape index (κ3) is 2.10. The number of rotatable bonds is 2. The standard InChI is InChI=1S/C15H13N3O3/c1-2-21-15(20)11-7-10-8-5-3-4-6-9(8)14(19)18-13(10)17-12(11)16/h3-7H,2H2,1H3,(H3,16,17,18,19). The Labute approximate surface area is 119 Å². The molecular formula is C15H13N3O3. The number of hydrogen-bond donors (Lipinski definition) is 2. The molecule has 21 heavy (non-hydrogen) atoms. The second-order valence-corrected chi connectivity index (χ2v) is 4.54. The number of aromatic amines is 1. The second-order valence-electron chi connectivity index (χ2n) is 4.54. The zero-order chi connectivity index (χ0) is 15.0. The average Bonchev–Trinajstić information content (AvgIpc) is 2.47. The highest BCUT2D eigenvalue weighted by Crippen LogP contribution is 2.23. The number of carbonyl (C=O) groups is 1. The number of pyridine rings is 2. The fourth-order valence-corrected chi connectivity index (χ4v) is 2.29. The first kappa shape index (κ1) is 13.1. The van der Waals surface area contributed by atoms with Crippen LogP contribution in [0, 0.1) is 0 Å². The summed E-state index contributed by atoms with van der Waals surface area (Å²) in [6.45, 7) is 1.97. The number of anilines is 1. The first-order chi connectivity index (χ1) is 10.1. The number of H-pyrrole nitrogens is 1. The van der Waals surface area contributed by atoms with Crippen LogP contribution in [-0.2, 0) is 4.74 Å². The van der Waals surface area contributed by atoms with Crippen LogP contribution in [0.15, 0.2) is 35.1 Å². The molecule has 0 saturated carbocycles. The molecule has 6 heteroatoms. The van der Waals surface area contributed by atoms with Gasteiger partial charge in [0.05, 0.1) is 6.61 Å². The molecule has 0 aliphatic rings. The molecule has 3 N–H and O–H groups in total. The Balaban J connectivity index is 2.38. The monoisotopic (exact) mass is 283 g/mol. The van der Waals surface area contributed by atoms with Crippen molar-refractivity contribution < 1.29 is 9.53 Å². The van der Waals surface area contributed by atoms with E-state index in [-0.39, 0.29) is 23.5 Å². The number of esters is 1. The van der Waals surface area contributed by atoms with E-state index in [2.05, 4.69) is 9.97 Å². The minimum atomic E-state index is -0.528. The number of benzene rings is 1. The molecule has 0 saturated heterocycles. The Morgan fingerprint density at radius 3 is 2.71 bits per heavy atom. The number of nitrogens with two attached hydrogens (primary N) is 1. The van der Waals surface area contributed by atoms with Crippen molar-refractivity contribution in [2.24, 2.45) is 0 Å². The molecule has 1 aromatic carbocycles. The van der Waals surface area contributed by atoms with Gasteiger partial charge in [0, 0.05) is 10.8 Å². The van der Waals surface area contributed by atoms with E-state index >= 15 is 0 Å². The Morgan fingerprint density at radius 2 is 2.00 bits per heavy atom. The SMILES string of the molecule is CCOC(=O)c1cc2c(nc1N)[nH]c(=O)c1ccccc12. The second kappa shape index (κ2) is 4.90. The first-order valence-electron chi connectivity index (χ1n) is 6.50. The van der Waals surface area contributed by atoms with E-state index in [0.29, 0.717) is 21.8 Å². The smallest absolute Gasteiger partial charge is 0.341 e. The van der Waals surface area contributed by atoms with Crippen molar-refractivity contribution in [3.8, 4) is 0 Å². The van der Waals surface area contributed by atoms with Gasteiger partial charge in [0.2, 0.25) is 0 Å². The fourth-order valence-electron chi connectivity index (χ4n) is 2.29. The van der Waals surface area contributed by atoms with E-state index < -0.39 is 5.97 Å². The van der Waals surface area contributed by atoms with Gasteiger partial charge < -0.3 is 15.5 Å². The molecule has 0 atom stereocenters. The molecule has 0 bridgehead atoms. The third-order valence-electron chi connectivity index (χ3n) is 3.24. The maximum atomic E-state index is 12.0. The van der Waals surface area contributed by atoms with E-state index in [1.165, 1.54) is 0 Å². The van der Waals surface area contributed by atoms with Crippen molar-refractivity contribution in [2.45, 2.75) is 6.92 Å². The van der Waals surface area contributed by atoms with Gasteiger partial charge in [-0.15, -0.1) is 0 Å². The van der Waals surface area contributed by atoms with Crippen molar-refractivity contribution in [2.75, 3.05) is 12.3 Å². The van der Waals surface area contributed by atoms with Crippen LogP contribution in [0.3, 0.4) is 0 Å².